The summed E-state index contributed by atoms with van der Waals surface area (Å²) in [7, 11) is 0. The molecule has 6 heteroatoms. The predicted molar refractivity (Wildman–Crippen MR) is 101 cm³/mol. The van der Waals surface area contributed by atoms with Crippen molar-refractivity contribution in [2.24, 2.45) is 17.8 Å². The summed E-state index contributed by atoms with van der Waals surface area (Å²) in [6, 6.07) is -0.0430. The number of carbonyl (C=O) groups is 2. The Kier molecular flexibility index (Phi) is 4.77. The van der Waals surface area contributed by atoms with E-state index in [0.29, 0.717) is 11.8 Å². The van der Waals surface area contributed by atoms with Crippen LogP contribution in [0, 0.1) is 17.8 Å². The van der Waals surface area contributed by atoms with E-state index in [2.05, 4.69) is 35.9 Å². The van der Waals surface area contributed by atoms with Crippen LogP contribution in [0.5, 0.6) is 0 Å². The molecule has 3 aliphatic carbocycles. The molecular weight excluding hydrogens is 342 g/mol. The molecule has 1 aromatic rings. The van der Waals surface area contributed by atoms with E-state index in [1.165, 1.54) is 12.1 Å². The standard InChI is InChI=1S/C21H31N3O3/c1-21(2,3)24-18-6-4-5-17(16(18)11-22-24)23-19(25)12-27-20(26)15-10-13-7-8-14(15)9-13/h11,13-15,17H,4-10,12H2,1-3H3,(H,23,25)/t13-,14-,15+,17+/m0/s1. The van der Waals surface area contributed by atoms with Gasteiger partial charge in [0.1, 0.15) is 0 Å². The first-order valence-electron chi connectivity index (χ1n) is 10.4. The third-order valence-electron chi connectivity index (χ3n) is 6.54. The van der Waals surface area contributed by atoms with Crippen LogP contribution in [0.25, 0.3) is 0 Å². The first kappa shape index (κ1) is 18.5. The van der Waals surface area contributed by atoms with E-state index in [-0.39, 0.29) is 36.0 Å². The number of aromatic nitrogens is 2. The van der Waals surface area contributed by atoms with Crippen molar-refractivity contribution in [1.82, 2.24) is 15.1 Å². The van der Waals surface area contributed by atoms with Crippen LogP contribution in [0.2, 0.25) is 0 Å². The van der Waals surface area contributed by atoms with Gasteiger partial charge in [0.15, 0.2) is 6.61 Å². The molecule has 2 bridgehead atoms. The fraction of sp³-hybridized carbons (Fsp3) is 0.762. The molecular formula is C21H31N3O3. The van der Waals surface area contributed by atoms with Crippen molar-refractivity contribution < 1.29 is 14.3 Å². The lowest BCUT2D eigenvalue weighted by molar-refractivity contribution is -0.154. The van der Waals surface area contributed by atoms with Gasteiger partial charge in [-0.1, -0.05) is 6.42 Å². The minimum absolute atomic E-state index is 0.0165. The molecule has 3 aliphatic rings. The van der Waals surface area contributed by atoms with Gasteiger partial charge in [0, 0.05) is 11.3 Å². The number of amides is 1. The molecule has 0 aromatic carbocycles. The normalized spacial score (nSPS) is 29.4. The number of nitrogens with zero attached hydrogens (tertiary/aromatic N) is 2. The summed E-state index contributed by atoms with van der Waals surface area (Å²) in [6.45, 7) is 6.23. The molecule has 4 rings (SSSR count). The number of rotatable bonds is 4. The van der Waals surface area contributed by atoms with Gasteiger partial charge in [-0.05, 0) is 71.1 Å². The van der Waals surface area contributed by atoms with Crippen molar-refractivity contribution in [3.63, 3.8) is 0 Å². The average Bonchev–Trinajstić information content (AvgIpc) is 3.33. The SMILES string of the molecule is CC(C)(C)n1ncc2c1CCC[C@H]2NC(=O)COC(=O)[C@@H]1C[C@H]2CC[C@H]1C2. The van der Waals surface area contributed by atoms with Crippen LogP contribution >= 0.6 is 0 Å². The van der Waals surface area contributed by atoms with Gasteiger partial charge < -0.3 is 10.1 Å². The summed E-state index contributed by atoms with van der Waals surface area (Å²) in [6.07, 6.45) is 9.28. The van der Waals surface area contributed by atoms with Gasteiger partial charge in [-0.2, -0.15) is 5.10 Å². The Labute approximate surface area is 161 Å². The molecule has 0 saturated heterocycles. The minimum atomic E-state index is -0.215. The van der Waals surface area contributed by atoms with E-state index < -0.39 is 0 Å². The predicted octanol–water partition coefficient (Wildman–Crippen LogP) is 3.11. The molecule has 0 aliphatic heterocycles. The van der Waals surface area contributed by atoms with Gasteiger partial charge in [-0.3, -0.25) is 14.3 Å². The molecule has 1 aromatic heterocycles. The second-order valence-corrected chi connectivity index (χ2v) is 9.53. The Morgan fingerprint density at radius 3 is 2.74 bits per heavy atom. The highest BCUT2D eigenvalue weighted by molar-refractivity contribution is 5.81. The molecule has 1 heterocycles. The molecule has 0 radical (unpaired) electrons. The number of ether oxygens (including phenoxy) is 1. The number of fused-ring (bicyclic) bond motifs is 3. The van der Waals surface area contributed by atoms with Crippen LogP contribution in [0.15, 0.2) is 6.20 Å². The fourth-order valence-corrected chi connectivity index (χ4v) is 5.30. The lowest BCUT2D eigenvalue weighted by atomic mass is 9.89. The van der Waals surface area contributed by atoms with Crippen molar-refractivity contribution >= 4 is 11.9 Å². The van der Waals surface area contributed by atoms with Gasteiger partial charge >= 0.3 is 5.97 Å². The first-order valence-corrected chi connectivity index (χ1v) is 10.4. The molecule has 4 atom stereocenters. The van der Waals surface area contributed by atoms with E-state index >= 15 is 0 Å². The van der Waals surface area contributed by atoms with Gasteiger partial charge in [0.25, 0.3) is 5.91 Å². The van der Waals surface area contributed by atoms with Gasteiger partial charge in [0.05, 0.1) is 23.7 Å². The van der Waals surface area contributed by atoms with E-state index in [1.807, 2.05) is 6.20 Å². The number of hydrogen-bond donors (Lipinski definition) is 1. The highest BCUT2D eigenvalue weighted by Crippen LogP contribution is 2.48. The maximum Gasteiger partial charge on any atom is 0.309 e. The summed E-state index contributed by atoms with van der Waals surface area (Å²) in [5.74, 6) is 0.800. The first-order chi connectivity index (χ1) is 12.8. The van der Waals surface area contributed by atoms with Gasteiger partial charge in [-0.15, -0.1) is 0 Å². The number of nitrogens with one attached hydrogen (secondary N) is 1. The summed E-state index contributed by atoms with van der Waals surface area (Å²) in [5, 5.41) is 7.61. The molecule has 0 spiro atoms. The third-order valence-corrected chi connectivity index (χ3v) is 6.54. The number of hydrogen-bond acceptors (Lipinski definition) is 4. The zero-order valence-electron chi connectivity index (χ0n) is 16.7. The molecule has 0 unspecified atom stereocenters. The van der Waals surface area contributed by atoms with E-state index in [1.54, 1.807) is 0 Å². The Morgan fingerprint density at radius 2 is 2.07 bits per heavy atom. The third kappa shape index (κ3) is 3.63. The van der Waals surface area contributed by atoms with Crippen molar-refractivity contribution in [2.45, 2.75) is 77.3 Å². The molecule has 6 nitrogen and oxygen atoms in total. The Balaban J connectivity index is 1.33. The Hall–Kier alpha value is -1.85. The molecule has 2 fully saturated rings. The van der Waals surface area contributed by atoms with Crippen LogP contribution in [0.3, 0.4) is 0 Å². The van der Waals surface area contributed by atoms with E-state index in [0.717, 1.165) is 44.1 Å². The van der Waals surface area contributed by atoms with Gasteiger partial charge in [-0.25, -0.2) is 0 Å². The summed E-state index contributed by atoms with van der Waals surface area (Å²) in [5.41, 5.74) is 2.23. The van der Waals surface area contributed by atoms with Crippen molar-refractivity contribution in [3.8, 4) is 0 Å². The van der Waals surface area contributed by atoms with Crippen LogP contribution in [-0.4, -0.2) is 28.3 Å². The molecule has 148 valence electrons. The van der Waals surface area contributed by atoms with Crippen LogP contribution in [0.1, 0.15) is 76.6 Å². The van der Waals surface area contributed by atoms with E-state index in [4.69, 9.17) is 4.74 Å². The second kappa shape index (κ2) is 6.95. The number of carbonyl (C=O) groups excluding carboxylic acids is 2. The molecule has 2 saturated carbocycles. The summed E-state index contributed by atoms with van der Waals surface area (Å²) < 4.78 is 7.42. The van der Waals surface area contributed by atoms with Crippen molar-refractivity contribution in [1.29, 1.82) is 0 Å². The highest BCUT2D eigenvalue weighted by Gasteiger charge is 2.44. The average molecular weight is 373 g/mol. The maximum absolute atomic E-state index is 12.4. The van der Waals surface area contributed by atoms with Crippen molar-refractivity contribution in [2.75, 3.05) is 6.61 Å². The van der Waals surface area contributed by atoms with Gasteiger partial charge in [0.2, 0.25) is 0 Å². The largest absolute Gasteiger partial charge is 0.455 e. The van der Waals surface area contributed by atoms with Crippen LogP contribution in [0.4, 0.5) is 0 Å². The lowest BCUT2D eigenvalue weighted by Crippen LogP contribution is -2.36. The quantitative estimate of drug-likeness (QED) is 0.823. The van der Waals surface area contributed by atoms with E-state index in [9.17, 15) is 9.59 Å². The van der Waals surface area contributed by atoms with Crippen molar-refractivity contribution in [3.05, 3.63) is 17.5 Å². The molecule has 1 N–H and O–H groups in total. The second-order valence-electron chi connectivity index (χ2n) is 9.53. The van der Waals surface area contributed by atoms with Crippen LogP contribution < -0.4 is 5.32 Å². The summed E-state index contributed by atoms with van der Waals surface area (Å²) in [4.78, 5) is 24.7. The van der Waals surface area contributed by atoms with Crippen LogP contribution in [-0.2, 0) is 26.3 Å². The zero-order valence-corrected chi connectivity index (χ0v) is 16.7. The highest BCUT2D eigenvalue weighted by atomic mass is 16.5. The summed E-state index contributed by atoms with van der Waals surface area (Å²) >= 11 is 0. The maximum atomic E-state index is 12.4. The molecule has 1 amide bonds. The number of esters is 1. The monoisotopic (exact) mass is 373 g/mol. The lowest BCUT2D eigenvalue weighted by Gasteiger charge is -2.28. The Morgan fingerprint density at radius 1 is 1.26 bits per heavy atom. The topological polar surface area (TPSA) is 73.2 Å². The minimum Gasteiger partial charge on any atom is -0.455 e. The smallest absolute Gasteiger partial charge is 0.309 e. The Bertz CT molecular complexity index is 734. The fourth-order valence-electron chi connectivity index (χ4n) is 5.30. The zero-order chi connectivity index (χ0) is 19.2. The molecule has 27 heavy (non-hydrogen) atoms.